The highest BCUT2D eigenvalue weighted by Crippen LogP contribution is 2.24. The maximum absolute atomic E-state index is 12.9. The summed E-state index contributed by atoms with van der Waals surface area (Å²) in [6.07, 6.45) is 6.38. The molecule has 0 saturated carbocycles. The Morgan fingerprint density at radius 3 is 2.56 bits per heavy atom. The van der Waals surface area contributed by atoms with Crippen LogP contribution in [0.25, 0.3) is 0 Å². The van der Waals surface area contributed by atoms with E-state index in [1.54, 1.807) is 12.4 Å². The molecule has 1 atom stereocenters. The largest absolute Gasteiger partial charge is 0.398 e. The summed E-state index contributed by atoms with van der Waals surface area (Å²) in [5.74, 6) is 0.0823. The summed E-state index contributed by atoms with van der Waals surface area (Å²) in [4.78, 5) is 21.3. The third kappa shape index (κ3) is 4.37. The summed E-state index contributed by atoms with van der Waals surface area (Å²) in [6, 6.07) is 11.6. The van der Waals surface area contributed by atoms with Crippen molar-refractivity contribution < 1.29 is 4.79 Å². The Balaban J connectivity index is 1.76. The van der Waals surface area contributed by atoms with E-state index in [9.17, 15) is 4.79 Å². The molecule has 1 unspecified atom stereocenters. The highest BCUT2D eigenvalue weighted by Gasteiger charge is 2.25. The van der Waals surface area contributed by atoms with Crippen molar-refractivity contribution in [2.75, 3.05) is 32.4 Å². The Bertz CT molecular complexity index is 698. The zero-order valence-corrected chi connectivity index (χ0v) is 14.8. The van der Waals surface area contributed by atoms with Crippen molar-refractivity contribution >= 4 is 11.6 Å². The van der Waals surface area contributed by atoms with Crippen LogP contribution in [-0.4, -0.2) is 47.4 Å². The number of hydrogen-bond acceptors (Lipinski definition) is 4. The Kier molecular flexibility index (Phi) is 5.66. The fourth-order valence-corrected chi connectivity index (χ4v) is 3.40. The Labute approximate surface area is 149 Å². The number of para-hydroxylation sites is 1. The molecule has 5 nitrogen and oxygen atoms in total. The van der Waals surface area contributed by atoms with E-state index in [1.807, 2.05) is 48.3 Å². The lowest BCUT2D eigenvalue weighted by Crippen LogP contribution is -2.39. The number of anilines is 1. The molecule has 5 heteroatoms. The van der Waals surface area contributed by atoms with E-state index in [2.05, 4.69) is 9.88 Å². The van der Waals surface area contributed by atoms with E-state index in [0.29, 0.717) is 12.1 Å². The standard InChI is InChI=1S/C20H26N4O/c1-23(20(25)14-17-6-2-3-7-18(17)21)19(15-24-12-4-5-13-24)16-8-10-22-11-9-16/h2-3,6-11,19H,4-5,12-15,21H2,1H3. The lowest BCUT2D eigenvalue weighted by atomic mass is 10.0. The van der Waals surface area contributed by atoms with Gasteiger partial charge in [-0.05, 0) is 55.3 Å². The van der Waals surface area contributed by atoms with Gasteiger partial charge in [-0.15, -0.1) is 0 Å². The number of likely N-dealkylation sites (N-methyl/N-ethyl adjacent to an activating group) is 1. The minimum absolute atomic E-state index is 0.0264. The molecule has 3 rings (SSSR count). The number of rotatable bonds is 6. The summed E-state index contributed by atoms with van der Waals surface area (Å²) in [5.41, 5.74) is 8.68. The molecule has 1 saturated heterocycles. The number of aromatic nitrogens is 1. The van der Waals surface area contributed by atoms with Crippen LogP contribution in [0.1, 0.15) is 30.0 Å². The van der Waals surface area contributed by atoms with Gasteiger partial charge in [-0.25, -0.2) is 0 Å². The number of pyridine rings is 1. The topological polar surface area (TPSA) is 62.5 Å². The first-order chi connectivity index (χ1) is 12.1. The highest BCUT2D eigenvalue weighted by atomic mass is 16.2. The van der Waals surface area contributed by atoms with E-state index in [-0.39, 0.29) is 11.9 Å². The zero-order valence-electron chi connectivity index (χ0n) is 14.8. The molecule has 1 fully saturated rings. The number of amides is 1. The number of nitrogens with zero attached hydrogens (tertiary/aromatic N) is 3. The first-order valence-electron chi connectivity index (χ1n) is 8.86. The smallest absolute Gasteiger partial charge is 0.227 e. The second-order valence-corrected chi connectivity index (χ2v) is 6.68. The third-order valence-electron chi connectivity index (χ3n) is 4.98. The fraction of sp³-hybridized carbons (Fsp3) is 0.400. The van der Waals surface area contributed by atoms with Gasteiger partial charge in [0.15, 0.2) is 0 Å². The van der Waals surface area contributed by atoms with Crippen LogP contribution in [0.3, 0.4) is 0 Å². The van der Waals surface area contributed by atoms with Gasteiger partial charge in [0.1, 0.15) is 0 Å². The van der Waals surface area contributed by atoms with Crippen LogP contribution in [-0.2, 0) is 11.2 Å². The van der Waals surface area contributed by atoms with Gasteiger partial charge in [0, 0.05) is 31.7 Å². The molecule has 2 heterocycles. The minimum atomic E-state index is 0.0264. The van der Waals surface area contributed by atoms with E-state index < -0.39 is 0 Å². The minimum Gasteiger partial charge on any atom is -0.398 e. The number of hydrogen-bond donors (Lipinski definition) is 1. The number of likely N-dealkylation sites (tertiary alicyclic amines) is 1. The molecule has 2 N–H and O–H groups in total. The van der Waals surface area contributed by atoms with Crippen molar-refractivity contribution in [2.24, 2.45) is 0 Å². The van der Waals surface area contributed by atoms with Crippen molar-refractivity contribution in [2.45, 2.75) is 25.3 Å². The zero-order chi connectivity index (χ0) is 17.6. The number of nitrogen functional groups attached to an aromatic ring is 1. The van der Waals surface area contributed by atoms with E-state index >= 15 is 0 Å². The monoisotopic (exact) mass is 338 g/mol. The van der Waals surface area contributed by atoms with Crippen molar-refractivity contribution in [3.8, 4) is 0 Å². The Hall–Kier alpha value is -2.40. The summed E-state index contributed by atoms with van der Waals surface area (Å²) in [7, 11) is 1.89. The first-order valence-corrected chi connectivity index (χ1v) is 8.86. The molecule has 0 spiro atoms. The van der Waals surface area contributed by atoms with Crippen molar-refractivity contribution in [3.05, 3.63) is 59.9 Å². The van der Waals surface area contributed by atoms with Gasteiger partial charge >= 0.3 is 0 Å². The Morgan fingerprint density at radius 2 is 1.88 bits per heavy atom. The van der Waals surface area contributed by atoms with Crippen LogP contribution >= 0.6 is 0 Å². The molecule has 0 aliphatic carbocycles. The molecule has 0 radical (unpaired) electrons. The normalized spacial score (nSPS) is 15.9. The number of nitrogens with two attached hydrogens (primary N) is 1. The van der Waals surface area contributed by atoms with Crippen LogP contribution in [0.2, 0.25) is 0 Å². The van der Waals surface area contributed by atoms with Gasteiger partial charge in [-0.3, -0.25) is 9.78 Å². The lowest BCUT2D eigenvalue weighted by molar-refractivity contribution is -0.131. The summed E-state index contributed by atoms with van der Waals surface area (Å²) in [6.45, 7) is 3.07. The van der Waals surface area contributed by atoms with Gasteiger partial charge in [-0.1, -0.05) is 18.2 Å². The predicted octanol–water partition coefficient (Wildman–Crippen LogP) is 2.50. The van der Waals surface area contributed by atoms with Crippen LogP contribution in [0.15, 0.2) is 48.8 Å². The number of carbonyl (C=O) groups excluding carboxylic acids is 1. The number of carbonyl (C=O) groups is 1. The molecule has 1 amide bonds. The molecule has 2 aromatic rings. The van der Waals surface area contributed by atoms with Gasteiger partial charge in [0.05, 0.1) is 12.5 Å². The molecule has 1 aliphatic rings. The predicted molar refractivity (Wildman–Crippen MR) is 100.0 cm³/mol. The maximum Gasteiger partial charge on any atom is 0.227 e. The molecule has 1 aromatic heterocycles. The van der Waals surface area contributed by atoms with E-state index in [1.165, 1.54) is 12.8 Å². The summed E-state index contributed by atoms with van der Waals surface area (Å²) in [5, 5.41) is 0. The average molecular weight is 338 g/mol. The lowest BCUT2D eigenvalue weighted by Gasteiger charge is -2.32. The van der Waals surface area contributed by atoms with Crippen LogP contribution < -0.4 is 5.73 Å². The molecule has 132 valence electrons. The van der Waals surface area contributed by atoms with Gasteiger partial charge in [-0.2, -0.15) is 0 Å². The SMILES string of the molecule is CN(C(=O)Cc1ccccc1N)C(CN1CCCC1)c1ccncc1. The molecular weight excluding hydrogens is 312 g/mol. The second-order valence-electron chi connectivity index (χ2n) is 6.68. The maximum atomic E-state index is 12.9. The summed E-state index contributed by atoms with van der Waals surface area (Å²) >= 11 is 0. The highest BCUT2D eigenvalue weighted by molar-refractivity contribution is 5.80. The second kappa shape index (κ2) is 8.12. The molecule has 1 aromatic carbocycles. The van der Waals surface area contributed by atoms with Crippen LogP contribution in [0, 0.1) is 0 Å². The van der Waals surface area contributed by atoms with Gasteiger partial charge < -0.3 is 15.5 Å². The van der Waals surface area contributed by atoms with Crippen molar-refractivity contribution in [1.82, 2.24) is 14.8 Å². The Morgan fingerprint density at radius 1 is 1.20 bits per heavy atom. The summed E-state index contributed by atoms with van der Waals surface area (Å²) < 4.78 is 0. The van der Waals surface area contributed by atoms with Crippen LogP contribution in [0.4, 0.5) is 5.69 Å². The van der Waals surface area contributed by atoms with Gasteiger partial charge in [0.2, 0.25) is 5.91 Å². The van der Waals surface area contributed by atoms with Gasteiger partial charge in [0.25, 0.3) is 0 Å². The van der Waals surface area contributed by atoms with E-state index in [0.717, 1.165) is 30.8 Å². The van der Waals surface area contributed by atoms with Crippen LogP contribution in [0.5, 0.6) is 0 Å². The average Bonchev–Trinajstić information content (AvgIpc) is 3.15. The molecule has 25 heavy (non-hydrogen) atoms. The quantitative estimate of drug-likeness (QED) is 0.822. The van der Waals surface area contributed by atoms with Crippen molar-refractivity contribution in [3.63, 3.8) is 0 Å². The third-order valence-corrected chi connectivity index (χ3v) is 4.98. The first kappa shape index (κ1) is 17.4. The van der Waals surface area contributed by atoms with E-state index in [4.69, 9.17) is 5.73 Å². The fourth-order valence-electron chi connectivity index (χ4n) is 3.40. The molecule has 0 bridgehead atoms. The molecular formula is C20H26N4O. The molecule has 1 aliphatic heterocycles. The van der Waals surface area contributed by atoms with Crippen molar-refractivity contribution in [1.29, 1.82) is 0 Å². The number of benzene rings is 1.